The summed E-state index contributed by atoms with van der Waals surface area (Å²) in [6.07, 6.45) is 0. The van der Waals surface area contributed by atoms with Gasteiger partial charge in [0, 0.05) is 18.2 Å². The summed E-state index contributed by atoms with van der Waals surface area (Å²) < 4.78 is 4.81. The number of nitrogens with one attached hydrogen (secondary N) is 2. The van der Waals surface area contributed by atoms with Crippen LogP contribution in [0.2, 0.25) is 0 Å². The van der Waals surface area contributed by atoms with E-state index in [2.05, 4.69) is 30.9 Å². The predicted octanol–water partition coefficient (Wildman–Crippen LogP) is 1.26. The van der Waals surface area contributed by atoms with Crippen molar-refractivity contribution in [3.05, 3.63) is 48.0 Å². The van der Waals surface area contributed by atoms with Gasteiger partial charge in [-0.05, 0) is 29.5 Å². The molecule has 0 bridgehead atoms. The zero-order chi connectivity index (χ0) is 16.1. The fourth-order valence-electron chi connectivity index (χ4n) is 2.02. The Morgan fingerprint density at radius 3 is 2.65 bits per heavy atom. The number of methoxy groups -OCH3 is 1. The summed E-state index contributed by atoms with van der Waals surface area (Å²) in [5.74, 6) is 0.245. The van der Waals surface area contributed by atoms with Crippen LogP contribution >= 0.6 is 0 Å². The van der Waals surface area contributed by atoms with E-state index >= 15 is 0 Å². The Kier molecular flexibility index (Phi) is 4.34. The molecule has 0 unspecified atom stereocenters. The lowest BCUT2D eigenvalue weighted by molar-refractivity contribution is 0.0872. The molecular formula is C15H14N6O2. The molecule has 0 spiro atoms. The van der Waals surface area contributed by atoms with Gasteiger partial charge >= 0.3 is 0 Å². The van der Waals surface area contributed by atoms with Crippen LogP contribution in [-0.2, 0) is 4.74 Å². The summed E-state index contributed by atoms with van der Waals surface area (Å²) >= 11 is 0. The van der Waals surface area contributed by atoms with Crippen LogP contribution in [0.1, 0.15) is 10.4 Å². The largest absolute Gasteiger partial charge is 0.364 e. The molecule has 0 aliphatic heterocycles. The maximum atomic E-state index is 11.8. The first-order valence-corrected chi connectivity index (χ1v) is 6.86. The number of carbonyl (C=O) groups excluding carboxylic acids is 1. The number of pyridine rings is 1. The van der Waals surface area contributed by atoms with E-state index in [0.29, 0.717) is 17.1 Å². The fraction of sp³-hybridized carbons (Fsp3) is 0.133. The minimum absolute atomic E-state index is 0.175. The molecule has 0 atom stereocenters. The van der Waals surface area contributed by atoms with Gasteiger partial charge in [0.1, 0.15) is 12.4 Å². The molecule has 0 saturated carbocycles. The van der Waals surface area contributed by atoms with E-state index in [9.17, 15) is 4.79 Å². The van der Waals surface area contributed by atoms with E-state index in [1.54, 1.807) is 18.2 Å². The molecule has 0 aliphatic carbocycles. The molecular weight excluding hydrogens is 296 g/mol. The van der Waals surface area contributed by atoms with Crippen LogP contribution in [0.25, 0.3) is 22.8 Å². The second kappa shape index (κ2) is 6.75. The summed E-state index contributed by atoms with van der Waals surface area (Å²) in [4.78, 5) is 16.3. The predicted molar refractivity (Wildman–Crippen MR) is 82.2 cm³/mol. The number of aromatic amines is 1. The van der Waals surface area contributed by atoms with E-state index in [0.717, 1.165) is 11.3 Å². The number of amides is 1. The van der Waals surface area contributed by atoms with Crippen LogP contribution in [0.15, 0.2) is 42.5 Å². The number of tetrazole rings is 1. The van der Waals surface area contributed by atoms with Gasteiger partial charge in [0.2, 0.25) is 5.82 Å². The summed E-state index contributed by atoms with van der Waals surface area (Å²) in [5, 5.41) is 16.4. The third kappa shape index (κ3) is 3.38. The first kappa shape index (κ1) is 14.8. The fourth-order valence-corrected chi connectivity index (χ4v) is 2.02. The minimum Gasteiger partial charge on any atom is -0.364 e. The Balaban J connectivity index is 1.82. The summed E-state index contributed by atoms with van der Waals surface area (Å²) in [6.45, 7) is 0.175. The molecule has 2 N–H and O–H groups in total. The smallest absolute Gasteiger partial charge is 0.253 e. The Hall–Kier alpha value is -3.13. The molecule has 0 fully saturated rings. The highest BCUT2D eigenvalue weighted by Gasteiger charge is 2.08. The first-order chi connectivity index (χ1) is 11.3. The second-order valence-corrected chi connectivity index (χ2v) is 4.66. The molecule has 3 rings (SSSR count). The number of ether oxygens (including phenoxy) is 1. The van der Waals surface area contributed by atoms with Gasteiger partial charge in [0.25, 0.3) is 5.91 Å². The van der Waals surface area contributed by atoms with Gasteiger partial charge in [-0.25, -0.2) is 4.98 Å². The van der Waals surface area contributed by atoms with Gasteiger partial charge < -0.3 is 10.1 Å². The Morgan fingerprint density at radius 2 is 1.96 bits per heavy atom. The van der Waals surface area contributed by atoms with Gasteiger partial charge in [0.15, 0.2) is 0 Å². The van der Waals surface area contributed by atoms with Crippen molar-refractivity contribution < 1.29 is 9.53 Å². The van der Waals surface area contributed by atoms with E-state index in [-0.39, 0.29) is 12.6 Å². The number of benzene rings is 1. The third-order valence-electron chi connectivity index (χ3n) is 3.14. The van der Waals surface area contributed by atoms with Crippen molar-refractivity contribution in [1.82, 2.24) is 30.9 Å². The monoisotopic (exact) mass is 310 g/mol. The number of H-pyrrole nitrogens is 1. The van der Waals surface area contributed by atoms with Gasteiger partial charge in [0.05, 0.1) is 5.69 Å². The molecule has 1 aromatic carbocycles. The van der Waals surface area contributed by atoms with E-state index in [4.69, 9.17) is 4.74 Å². The van der Waals surface area contributed by atoms with Gasteiger partial charge in [-0.1, -0.05) is 18.2 Å². The maximum Gasteiger partial charge on any atom is 0.253 e. The average molecular weight is 310 g/mol. The van der Waals surface area contributed by atoms with Crippen molar-refractivity contribution in [3.63, 3.8) is 0 Å². The number of carbonyl (C=O) groups is 1. The molecule has 2 heterocycles. The van der Waals surface area contributed by atoms with Gasteiger partial charge in [-0.15, -0.1) is 10.2 Å². The molecule has 2 aromatic heterocycles. The van der Waals surface area contributed by atoms with Crippen LogP contribution in [0, 0.1) is 0 Å². The topological polar surface area (TPSA) is 106 Å². The van der Waals surface area contributed by atoms with Crippen molar-refractivity contribution in [2.45, 2.75) is 0 Å². The van der Waals surface area contributed by atoms with Crippen molar-refractivity contribution in [2.75, 3.05) is 13.8 Å². The van der Waals surface area contributed by atoms with Crippen LogP contribution in [0.4, 0.5) is 0 Å². The van der Waals surface area contributed by atoms with Crippen molar-refractivity contribution in [1.29, 1.82) is 0 Å². The molecule has 23 heavy (non-hydrogen) atoms. The van der Waals surface area contributed by atoms with E-state index in [1.165, 1.54) is 7.11 Å². The van der Waals surface area contributed by atoms with Crippen LogP contribution < -0.4 is 5.32 Å². The Labute approximate surface area is 131 Å². The summed E-state index contributed by atoms with van der Waals surface area (Å²) in [5.41, 5.74) is 2.83. The Morgan fingerprint density at radius 1 is 1.17 bits per heavy atom. The van der Waals surface area contributed by atoms with Crippen LogP contribution in [0.3, 0.4) is 0 Å². The first-order valence-electron chi connectivity index (χ1n) is 6.86. The summed E-state index contributed by atoms with van der Waals surface area (Å²) in [6, 6.07) is 12.7. The molecule has 8 nitrogen and oxygen atoms in total. The van der Waals surface area contributed by atoms with Crippen molar-refractivity contribution in [2.24, 2.45) is 0 Å². The highest BCUT2D eigenvalue weighted by Crippen LogP contribution is 2.20. The van der Waals surface area contributed by atoms with Gasteiger partial charge in [-0.3, -0.25) is 4.79 Å². The number of hydrogen-bond donors (Lipinski definition) is 2. The molecule has 1 amide bonds. The molecule has 0 radical (unpaired) electrons. The van der Waals surface area contributed by atoms with E-state index in [1.807, 2.05) is 24.3 Å². The summed E-state index contributed by atoms with van der Waals surface area (Å²) in [7, 11) is 1.52. The molecule has 0 aliphatic rings. The zero-order valence-electron chi connectivity index (χ0n) is 12.4. The molecule has 0 saturated heterocycles. The lowest BCUT2D eigenvalue weighted by Gasteiger charge is -2.06. The van der Waals surface area contributed by atoms with E-state index < -0.39 is 0 Å². The second-order valence-electron chi connectivity index (χ2n) is 4.66. The molecule has 3 aromatic rings. The van der Waals surface area contributed by atoms with Crippen molar-refractivity contribution >= 4 is 5.91 Å². The molecule has 116 valence electrons. The number of rotatable bonds is 5. The number of nitrogens with zero attached hydrogens (tertiary/aromatic N) is 4. The standard InChI is InChI=1S/C15H14N6O2/c1-23-9-16-15(22)11-7-5-10(6-8-11)12-3-2-4-13(17-12)14-18-20-21-19-14/h2-8H,9H2,1H3,(H,16,22)(H,18,19,20,21). The van der Waals surface area contributed by atoms with Crippen molar-refractivity contribution in [3.8, 4) is 22.8 Å². The third-order valence-corrected chi connectivity index (χ3v) is 3.14. The lowest BCUT2D eigenvalue weighted by Crippen LogP contribution is -2.25. The number of aromatic nitrogens is 5. The van der Waals surface area contributed by atoms with Crippen LogP contribution in [0.5, 0.6) is 0 Å². The van der Waals surface area contributed by atoms with Crippen LogP contribution in [-0.4, -0.2) is 45.4 Å². The number of hydrogen-bond acceptors (Lipinski definition) is 6. The minimum atomic E-state index is -0.188. The molecule has 8 heteroatoms. The lowest BCUT2D eigenvalue weighted by atomic mass is 10.1. The van der Waals surface area contributed by atoms with Gasteiger partial charge in [-0.2, -0.15) is 5.21 Å². The highest BCUT2D eigenvalue weighted by molar-refractivity contribution is 5.94. The zero-order valence-corrected chi connectivity index (χ0v) is 12.4. The normalized spacial score (nSPS) is 10.5. The highest BCUT2D eigenvalue weighted by atomic mass is 16.5. The SMILES string of the molecule is COCNC(=O)c1ccc(-c2cccc(-c3nn[nH]n3)n2)cc1. The Bertz CT molecular complexity index is 786. The maximum absolute atomic E-state index is 11.8. The average Bonchev–Trinajstić information content (AvgIpc) is 3.14. The quantitative estimate of drug-likeness (QED) is 0.687.